The smallest absolute Gasteiger partial charge is 0.374 e. The van der Waals surface area contributed by atoms with E-state index in [0.717, 1.165) is 51.6 Å². The van der Waals surface area contributed by atoms with Crippen molar-refractivity contribution in [3.05, 3.63) is 60.1 Å². The number of esters is 1. The summed E-state index contributed by atoms with van der Waals surface area (Å²) in [6.45, 7) is 9.02. The van der Waals surface area contributed by atoms with Crippen LogP contribution in [0.15, 0.2) is 58.8 Å². The Hall–Kier alpha value is -2.64. The second-order valence-electron chi connectivity index (χ2n) is 11.5. The first-order valence-electron chi connectivity index (χ1n) is 13.5. The molecule has 202 valence electrons. The van der Waals surface area contributed by atoms with E-state index in [4.69, 9.17) is 18.6 Å². The molecule has 3 aliphatic rings. The van der Waals surface area contributed by atoms with Crippen LogP contribution in [-0.2, 0) is 19.0 Å². The van der Waals surface area contributed by atoms with Crippen LogP contribution in [0.3, 0.4) is 0 Å². The summed E-state index contributed by atoms with van der Waals surface area (Å²) in [5.74, 6) is 0.0809. The summed E-state index contributed by atoms with van der Waals surface area (Å²) >= 11 is 0. The SMILES string of the molecule is CC(C=C[C@@H]1C[C@]2(CO2)CC(C)(C)O1)=CCC1CCC(NC(=O)C=C[C@H](C)OC(=O)c2ccco2)CC1. The summed E-state index contributed by atoms with van der Waals surface area (Å²) in [6, 6.07) is 3.35. The number of hydrogen-bond donors (Lipinski definition) is 1. The summed E-state index contributed by atoms with van der Waals surface area (Å²) in [4.78, 5) is 24.2. The van der Waals surface area contributed by atoms with Crippen LogP contribution in [0.1, 0.15) is 83.2 Å². The molecule has 3 atom stereocenters. The van der Waals surface area contributed by atoms with Gasteiger partial charge in [-0.25, -0.2) is 4.79 Å². The third kappa shape index (κ3) is 8.44. The van der Waals surface area contributed by atoms with E-state index in [1.807, 2.05) is 0 Å². The van der Waals surface area contributed by atoms with Gasteiger partial charge in [-0.3, -0.25) is 4.79 Å². The number of amides is 1. The first-order chi connectivity index (χ1) is 17.6. The molecule has 1 spiro atoms. The largest absolute Gasteiger partial charge is 0.457 e. The van der Waals surface area contributed by atoms with Crippen LogP contribution in [0, 0.1) is 5.92 Å². The lowest BCUT2D eigenvalue weighted by atomic mass is 9.83. The second kappa shape index (κ2) is 11.8. The monoisotopic (exact) mass is 511 g/mol. The number of epoxide rings is 1. The van der Waals surface area contributed by atoms with Gasteiger partial charge < -0.3 is 23.9 Å². The first-order valence-corrected chi connectivity index (χ1v) is 13.5. The van der Waals surface area contributed by atoms with Gasteiger partial charge in [-0.05, 0) is 83.9 Å². The molecule has 1 aromatic heterocycles. The van der Waals surface area contributed by atoms with Crippen molar-refractivity contribution in [1.29, 1.82) is 0 Å². The van der Waals surface area contributed by atoms with E-state index in [2.05, 4.69) is 44.3 Å². The van der Waals surface area contributed by atoms with Gasteiger partial charge >= 0.3 is 5.97 Å². The molecule has 1 N–H and O–H groups in total. The minimum Gasteiger partial charge on any atom is -0.457 e. The number of hydrogen-bond acceptors (Lipinski definition) is 6. The predicted octanol–water partition coefficient (Wildman–Crippen LogP) is 5.68. The Morgan fingerprint density at radius 1 is 1.22 bits per heavy atom. The highest BCUT2D eigenvalue weighted by atomic mass is 16.6. The fraction of sp³-hybridized carbons (Fsp3) is 0.600. The fourth-order valence-corrected chi connectivity index (χ4v) is 5.49. The molecule has 3 fully saturated rings. The molecule has 7 nitrogen and oxygen atoms in total. The third-order valence-electron chi connectivity index (χ3n) is 7.42. The average Bonchev–Trinajstić information content (AvgIpc) is 3.33. The van der Waals surface area contributed by atoms with Crippen LogP contribution in [-0.4, -0.2) is 47.9 Å². The number of carbonyl (C=O) groups is 2. The molecular formula is C30H41NO6. The molecule has 2 saturated heterocycles. The Morgan fingerprint density at radius 3 is 2.65 bits per heavy atom. The quantitative estimate of drug-likeness (QED) is 0.199. The molecule has 0 aromatic carbocycles. The normalized spacial score (nSPS) is 30.5. The van der Waals surface area contributed by atoms with Crippen molar-refractivity contribution in [2.75, 3.05) is 6.61 Å². The van der Waals surface area contributed by atoms with E-state index in [1.54, 1.807) is 25.1 Å². The summed E-state index contributed by atoms with van der Waals surface area (Å²) in [7, 11) is 0. The van der Waals surface area contributed by atoms with Gasteiger partial charge in [0.25, 0.3) is 0 Å². The lowest BCUT2D eigenvalue weighted by molar-refractivity contribution is -0.117. The van der Waals surface area contributed by atoms with Gasteiger partial charge in [0.15, 0.2) is 0 Å². The Balaban J connectivity index is 1.13. The van der Waals surface area contributed by atoms with Crippen molar-refractivity contribution < 1.29 is 28.2 Å². The zero-order chi connectivity index (χ0) is 26.5. The Morgan fingerprint density at radius 2 is 1.97 bits per heavy atom. The average molecular weight is 512 g/mol. The van der Waals surface area contributed by atoms with Crippen LogP contribution in [0.2, 0.25) is 0 Å². The molecule has 1 amide bonds. The molecule has 0 bridgehead atoms. The molecular weight excluding hydrogens is 470 g/mol. The van der Waals surface area contributed by atoms with Crippen LogP contribution in [0.25, 0.3) is 0 Å². The third-order valence-corrected chi connectivity index (χ3v) is 7.42. The maximum atomic E-state index is 12.3. The lowest BCUT2D eigenvalue weighted by Gasteiger charge is -2.38. The predicted molar refractivity (Wildman–Crippen MR) is 141 cm³/mol. The van der Waals surface area contributed by atoms with Crippen LogP contribution < -0.4 is 5.32 Å². The van der Waals surface area contributed by atoms with Crippen molar-refractivity contribution >= 4 is 11.9 Å². The van der Waals surface area contributed by atoms with Gasteiger partial charge in [0, 0.05) is 25.0 Å². The fourth-order valence-electron chi connectivity index (χ4n) is 5.49. The molecule has 0 radical (unpaired) electrons. The van der Waals surface area contributed by atoms with Crippen LogP contribution >= 0.6 is 0 Å². The highest BCUT2D eigenvalue weighted by molar-refractivity contribution is 5.88. The molecule has 3 heterocycles. The van der Waals surface area contributed by atoms with Crippen LogP contribution in [0.4, 0.5) is 0 Å². The minimum absolute atomic E-state index is 0.0453. The summed E-state index contributed by atoms with van der Waals surface area (Å²) in [5.41, 5.74) is 1.17. The molecule has 7 heteroatoms. The molecule has 4 rings (SSSR count). The number of allylic oxidation sites excluding steroid dienone is 3. The van der Waals surface area contributed by atoms with Gasteiger partial charge in [0.05, 0.1) is 30.2 Å². The van der Waals surface area contributed by atoms with Crippen molar-refractivity contribution in [1.82, 2.24) is 5.32 Å². The number of carbonyl (C=O) groups excluding carboxylic acids is 2. The van der Waals surface area contributed by atoms with Crippen molar-refractivity contribution in [3.63, 3.8) is 0 Å². The van der Waals surface area contributed by atoms with Gasteiger partial charge in [-0.1, -0.05) is 23.8 Å². The molecule has 1 aliphatic carbocycles. The van der Waals surface area contributed by atoms with E-state index in [0.29, 0.717) is 5.92 Å². The Labute approximate surface area is 220 Å². The molecule has 0 unspecified atom stereocenters. The number of ether oxygens (including phenoxy) is 3. The highest BCUT2D eigenvalue weighted by Crippen LogP contribution is 2.46. The Bertz CT molecular complexity index is 1000. The van der Waals surface area contributed by atoms with E-state index in [-0.39, 0.29) is 35.0 Å². The summed E-state index contributed by atoms with van der Waals surface area (Å²) in [6.07, 6.45) is 17.8. The first kappa shape index (κ1) is 27.4. The molecule has 1 saturated carbocycles. The lowest BCUT2D eigenvalue weighted by Crippen LogP contribution is -2.43. The van der Waals surface area contributed by atoms with E-state index in [9.17, 15) is 9.59 Å². The minimum atomic E-state index is -0.548. The number of rotatable bonds is 9. The topological polar surface area (TPSA) is 90.3 Å². The standard InChI is InChI=1S/C30H41NO6/c1-21(8-15-25-18-30(20-35-30)19-29(3,4)37-25)7-10-23-11-13-24(14-12-23)31-27(32)16-9-22(2)36-28(33)26-6-5-17-34-26/h5-9,15-17,22-25H,10-14,18-20H2,1-4H3,(H,31,32)/t22-,23?,24?,25+,30+/m0/s1. The van der Waals surface area contributed by atoms with Crippen molar-refractivity contribution in [2.24, 2.45) is 5.92 Å². The summed E-state index contributed by atoms with van der Waals surface area (Å²) < 4.78 is 22.2. The van der Waals surface area contributed by atoms with Gasteiger partial charge in [-0.2, -0.15) is 0 Å². The number of nitrogens with one attached hydrogen (secondary N) is 1. The zero-order valence-electron chi connectivity index (χ0n) is 22.5. The van der Waals surface area contributed by atoms with E-state index >= 15 is 0 Å². The van der Waals surface area contributed by atoms with Crippen molar-refractivity contribution in [3.8, 4) is 0 Å². The molecule has 2 aliphatic heterocycles. The van der Waals surface area contributed by atoms with Crippen LogP contribution in [0.5, 0.6) is 0 Å². The maximum Gasteiger partial charge on any atom is 0.374 e. The van der Waals surface area contributed by atoms with E-state index in [1.165, 1.54) is 17.9 Å². The maximum absolute atomic E-state index is 12.3. The second-order valence-corrected chi connectivity index (χ2v) is 11.5. The molecule has 1 aromatic rings. The van der Waals surface area contributed by atoms with Crippen molar-refractivity contribution in [2.45, 2.75) is 102 Å². The highest BCUT2D eigenvalue weighted by Gasteiger charge is 2.53. The van der Waals surface area contributed by atoms with E-state index < -0.39 is 12.1 Å². The Kier molecular flexibility index (Phi) is 8.75. The number of furan rings is 1. The zero-order valence-corrected chi connectivity index (χ0v) is 22.5. The molecule has 37 heavy (non-hydrogen) atoms. The van der Waals surface area contributed by atoms with Gasteiger partial charge in [-0.15, -0.1) is 0 Å². The van der Waals surface area contributed by atoms with Gasteiger partial charge in [0.1, 0.15) is 6.10 Å². The summed E-state index contributed by atoms with van der Waals surface area (Å²) in [5, 5.41) is 3.08. The van der Waals surface area contributed by atoms with Gasteiger partial charge in [0.2, 0.25) is 11.7 Å².